The zero-order valence-electron chi connectivity index (χ0n) is 13.4. The molecular weight excluding hydrogens is 310 g/mol. The van der Waals surface area contributed by atoms with Crippen LogP contribution in [0.3, 0.4) is 0 Å². The van der Waals surface area contributed by atoms with E-state index in [9.17, 15) is 13.6 Å². The van der Waals surface area contributed by atoms with Crippen molar-refractivity contribution in [2.75, 3.05) is 18.0 Å². The van der Waals surface area contributed by atoms with E-state index in [0.717, 1.165) is 49.7 Å². The van der Waals surface area contributed by atoms with Crippen LogP contribution in [-0.4, -0.2) is 19.0 Å². The van der Waals surface area contributed by atoms with Gasteiger partial charge in [0.05, 0.1) is 6.54 Å². The van der Waals surface area contributed by atoms with Gasteiger partial charge in [-0.2, -0.15) is 0 Å². The summed E-state index contributed by atoms with van der Waals surface area (Å²) in [6.07, 6.45) is 3.15. The summed E-state index contributed by atoms with van der Waals surface area (Å²) >= 11 is 0. The number of hydrogen-bond donors (Lipinski definition) is 1. The summed E-state index contributed by atoms with van der Waals surface area (Å²) in [5.41, 5.74) is 2.49. The summed E-state index contributed by atoms with van der Waals surface area (Å²) in [6.45, 7) is 1.02. The lowest BCUT2D eigenvalue weighted by atomic mass is 10.1. The van der Waals surface area contributed by atoms with Crippen LogP contribution in [0.2, 0.25) is 0 Å². The van der Waals surface area contributed by atoms with Crippen LogP contribution in [0, 0.1) is 11.6 Å². The molecule has 0 saturated heterocycles. The van der Waals surface area contributed by atoms with Gasteiger partial charge in [0, 0.05) is 24.3 Å². The molecule has 0 spiro atoms. The van der Waals surface area contributed by atoms with Gasteiger partial charge in [0.2, 0.25) is 5.91 Å². The number of anilines is 1. The number of amides is 1. The molecule has 0 fully saturated rings. The molecule has 2 aromatic rings. The number of aryl methyl sites for hydroxylation is 1. The molecule has 0 atom stereocenters. The van der Waals surface area contributed by atoms with Crippen LogP contribution in [0.4, 0.5) is 14.5 Å². The number of carbonyl (C=O) groups is 1. The van der Waals surface area contributed by atoms with Crippen LogP contribution in [0.15, 0.2) is 42.5 Å². The largest absolute Gasteiger partial charge is 0.362 e. The third-order valence-corrected chi connectivity index (χ3v) is 4.27. The van der Waals surface area contributed by atoms with Gasteiger partial charge in [-0.05, 0) is 49.1 Å². The molecule has 0 aliphatic carbocycles. The van der Waals surface area contributed by atoms with Crippen molar-refractivity contribution in [2.45, 2.75) is 25.8 Å². The molecule has 1 N–H and O–H groups in total. The first-order valence-electron chi connectivity index (χ1n) is 8.17. The lowest BCUT2D eigenvalue weighted by Crippen LogP contribution is -2.37. The average molecular weight is 330 g/mol. The summed E-state index contributed by atoms with van der Waals surface area (Å²) in [7, 11) is 0. The molecule has 1 amide bonds. The monoisotopic (exact) mass is 330 g/mol. The van der Waals surface area contributed by atoms with Gasteiger partial charge >= 0.3 is 0 Å². The van der Waals surface area contributed by atoms with Crippen LogP contribution in [0.1, 0.15) is 24.0 Å². The summed E-state index contributed by atoms with van der Waals surface area (Å²) in [6, 6.07) is 11.3. The van der Waals surface area contributed by atoms with Crippen molar-refractivity contribution in [2.24, 2.45) is 0 Å². The van der Waals surface area contributed by atoms with Gasteiger partial charge < -0.3 is 10.2 Å². The van der Waals surface area contributed by atoms with Crippen molar-refractivity contribution in [1.82, 2.24) is 5.32 Å². The molecule has 0 unspecified atom stereocenters. The van der Waals surface area contributed by atoms with Gasteiger partial charge in [-0.3, -0.25) is 4.79 Å². The Labute approximate surface area is 140 Å². The number of rotatable bonds is 4. The van der Waals surface area contributed by atoms with Crippen LogP contribution in [-0.2, 0) is 17.8 Å². The molecule has 2 aromatic carbocycles. The Balaban J connectivity index is 1.63. The van der Waals surface area contributed by atoms with Crippen LogP contribution >= 0.6 is 0 Å². The first-order valence-corrected chi connectivity index (χ1v) is 8.17. The molecule has 0 radical (unpaired) electrons. The fourth-order valence-corrected chi connectivity index (χ4v) is 3.04. The molecule has 5 heteroatoms. The quantitative estimate of drug-likeness (QED) is 0.931. The standard InChI is InChI=1S/C19H20F2N2O/c20-16-8-9-17(21)15(11-16)12-22-19(24)13-23-10-4-3-6-14-5-1-2-7-18(14)23/h1-2,5,7-9,11H,3-4,6,10,12-13H2,(H,22,24). The van der Waals surface area contributed by atoms with Crippen molar-refractivity contribution in [3.8, 4) is 0 Å². The van der Waals surface area contributed by atoms with E-state index < -0.39 is 11.6 Å². The molecule has 0 saturated carbocycles. The zero-order valence-corrected chi connectivity index (χ0v) is 13.4. The fraction of sp³-hybridized carbons (Fsp3) is 0.316. The summed E-state index contributed by atoms with van der Waals surface area (Å²) in [5.74, 6) is -1.23. The second-order valence-corrected chi connectivity index (χ2v) is 6.02. The van der Waals surface area contributed by atoms with Crippen molar-refractivity contribution in [3.63, 3.8) is 0 Å². The van der Waals surface area contributed by atoms with E-state index in [1.165, 1.54) is 5.56 Å². The minimum atomic E-state index is -0.517. The van der Waals surface area contributed by atoms with E-state index in [4.69, 9.17) is 0 Å². The molecular formula is C19H20F2N2O. The van der Waals surface area contributed by atoms with Gasteiger partial charge in [-0.25, -0.2) is 8.78 Å². The number of carbonyl (C=O) groups excluding carboxylic acids is 1. The van der Waals surface area contributed by atoms with Gasteiger partial charge in [-0.15, -0.1) is 0 Å². The minimum absolute atomic E-state index is 0.0160. The number of nitrogens with zero attached hydrogens (tertiary/aromatic N) is 1. The SMILES string of the molecule is O=C(CN1CCCCc2ccccc21)NCc1cc(F)ccc1F. The van der Waals surface area contributed by atoms with E-state index in [1.807, 2.05) is 18.2 Å². The molecule has 1 aliphatic heterocycles. The maximum absolute atomic E-state index is 13.6. The predicted octanol–water partition coefficient (Wildman–Crippen LogP) is 3.42. The van der Waals surface area contributed by atoms with Crippen LogP contribution in [0.5, 0.6) is 0 Å². The molecule has 3 nitrogen and oxygen atoms in total. The summed E-state index contributed by atoms with van der Waals surface area (Å²) in [5, 5.41) is 2.68. The second kappa shape index (κ2) is 7.43. The first kappa shape index (κ1) is 16.4. The van der Waals surface area contributed by atoms with E-state index >= 15 is 0 Å². The van der Waals surface area contributed by atoms with Gasteiger partial charge in [-0.1, -0.05) is 18.2 Å². The smallest absolute Gasteiger partial charge is 0.239 e. The third-order valence-electron chi connectivity index (χ3n) is 4.27. The molecule has 1 aliphatic rings. The van der Waals surface area contributed by atoms with Crippen molar-refractivity contribution in [1.29, 1.82) is 0 Å². The Morgan fingerprint density at radius 1 is 1.12 bits per heavy atom. The Morgan fingerprint density at radius 2 is 1.96 bits per heavy atom. The molecule has 24 heavy (non-hydrogen) atoms. The number of halogens is 2. The highest BCUT2D eigenvalue weighted by molar-refractivity contribution is 5.81. The third kappa shape index (κ3) is 3.91. The number of benzene rings is 2. The predicted molar refractivity (Wildman–Crippen MR) is 89.8 cm³/mol. The number of nitrogens with one attached hydrogen (secondary N) is 1. The van der Waals surface area contributed by atoms with Crippen molar-refractivity contribution in [3.05, 3.63) is 65.2 Å². The van der Waals surface area contributed by atoms with E-state index in [2.05, 4.69) is 16.3 Å². The molecule has 3 rings (SSSR count). The van der Waals surface area contributed by atoms with E-state index in [-0.39, 0.29) is 24.6 Å². The highest BCUT2D eigenvalue weighted by Gasteiger charge is 2.17. The average Bonchev–Trinajstić information content (AvgIpc) is 2.78. The lowest BCUT2D eigenvalue weighted by Gasteiger charge is -2.24. The minimum Gasteiger partial charge on any atom is -0.362 e. The lowest BCUT2D eigenvalue weighted by molar-refractivity contribution is -0.119. The van der Waals surface area contributed by atoms with E-state index in [0.29, 0.717) is 0 Å². The van der Waals surface area contributed by atoms with Crippen LogP contribution < -0.4 is 10.2 Å². The van der Waals surface area contributed by atoms with E-state index in [1.54, 1.807) is 0 Å². The molecule has 126 valence electrons. The zero-order chi connectivity index (χ0) is 16.9. The first-order chi connectivity index (χ1) is 11.6. The van der Waals surface area contributed by atoms with Crippen molar-refractivity contribution < 1.29 is 13.6 Å². The Bertz CT molecular complexity index is 733. The maximum Gasteiger partial charge on any atom is 0.239 e. The van der Waals surface area contributed by atoms with Crippen LogP contribution in [0.25, 0.3) is 0 Å². The molecule has 0 aromatic heterocycles. The van der Waals surface area contributed by atoms with Gasteiger partial charge in [0.1, 0.15) is 11.6 Å². The number of hydrogen-bond acceptors (Lipinski definition) is 2. The number of fused-ring (bicyclic) bond motifs is 1. The normalized spacial score (nSPS) is 14.0. The highest BCUT2D eigenvalue weighted by atomic mass is 19.1. The van der Waals surface area contributed by atoms with Crippen molar-refractivity contribution >= 4 is 11.6 Å². The summed E-state index contributed by atoms with van der Waals surface area (Å²) < 4.78 is 26.8. The molecule has 0 bridgehead atoms. The Hall–Kier alpha value is -2.43. The Kier molecular flexibility index (Phi) is 5.08. The fourth-order valence-electron chi connectivity index (χ4n) is 3.04. The molecule has 1 heterocycles. The maximum atomic E-state index is 13.6. The van der Waals surface area contributed by atoms with Gasteiger partial charge in [0.25, 0.3) is 0 Å². The summed E-state index contributed by atoms with van der Waals surface area (Å²) in [4.78, 5) is 14.3. The Morgan fingerprint density at radius 3 is 2.83 bits per heavy atom. The number of para-hydroxylation sites is 1. The van der Waals surface area contributed by atoms with Gasteiger partial charge in [0.15, 0.2) is 0 Å². The highest BCUT2D eigenvalue weighted by Crippen LogP contribution is 2.25. The second-order valence-electron chi connectivity index (χ2n) is 6.02. The topological polar surface area (TPSA) is 32.3 Å².